The summed E-state index contributed by atoms with van der Waals surface area (Å²) in [5, 5.41) is 24.6. The van der Waals surface area contributed by atoms with Gasteiger partial charge < -0.3 is 15.3 Å². The fourth-order valence-electron chi connectivity index (χ4n) is 3.58. The Bertz CT molecular complexity index is 926. The standard InChI is InChI=1S/C19H20N6OS/c26-18-9-13(15-5-8-27-24-15)3-4-14(18)16-10-21-19(23-22-16)25-7-6-20-17(11-25)12-1-2-12/h3-5,8-10,12,17,20,26H,1-2,6-7,11H2/t17-/m1/s1. The lowest BCUT2D eigenvalue weighted by Gasteiger charge is -2.33. The summed E-state index contributed by atoms with van der Waals surface area (Å²) < 4.78 is 4.30. The quantitative estimate of drug-likeness (QED) is 0.719. The molecule has 1 atom stereocenters. The summed E-state index contributed by atoms with van der Waals surface area (Å²) in [5.41, 5.74) is 2.92. The molecule has 0 radical (unpaired) electrons. The fourth-order valence-corrected chi connectivity index (χ4v) is 4.11. The predicted molar refractivity (Wildman–Crippen MR) is 105 cm³/mol. The second kappa shape index (κ2) is 6.86. The molecule has 2 aliphatic rings. The Morgan fingerprint density at radius 1 is 1.15 bits per heavy atom. The lowest BCUT2D eigenvalue weighted by atomic mass is 10.1. The van der Waals surface area contributed by atoms with Crippen LogP contribution in [0.2, 0.25) is 0 Å². The van der Waals surface area contributed by atoms with Gasteiger partial charge >= 0.3 is 0 Å². The van der Waals surface area contributed by atoms with E-state index in [2.05, 4.69) is 29.8 Å². The number of hydrogen-bond acceptors (Lipinski definition) is 8. The van der Waals surface area contributed by atoms with Crippen LogP contribution in [-0.4, -0.2) is 50.3 Å². The van der Waals surface area contributed by atoms with Gasteiger partial charge in [-0.3, -0.25) is 0 Å². The number of hydrogen-bond donors (Lipinski definition) is 2. The molecule has 1 aromatic carbocycles. The Hall–Kier alpha value is -2.58. The zero-order valence-corrected chi connectivity index (χ0v) is 15.6. The zero-order chi connectivity index (χ0) is 18.2. The van der Waals surface area contributed by atoms with E-state index in [-0.39, 0.29) is 5.75 Å². The van der Waals surface area contributed by atoms with E-state index in [0.29, 0.717) is 23.2 Å². The summed E-state index contributed by atoms with van der Waals surface area (Å²) in [4.78, 5) is 6.71. The highest BCUT2D eigenvalue weighted by atomic mass is 32.1. The van der Waals surface area contributed by atoms with Crippen molar-refractivity contribution in [1.82, 2.24) is 24.9 Å². The SMILES string of the molecule is Oc1cc(-c2ccsn2)ccc1-c1cnc(N2CCN[C@@H](C3CC3)C2)nn1. The van der Waals surface area contributed by atoms with Crippen molar-refractivity contribution >= 4 is 17.5 Å². The van der Waals surface area contributed by atoms with Crippen LogP contribution >= 0.6 is 11.5 Å². The number of anilines is 1. The highest BCUT2D eigenvalue weighted by Crippen LogP contribution is 2.34. The lowest BCUT2D eigenvalue weighted by Crippen LogP contribution is -2.52. The number of phenols is 1. The van der Waals surface area contributed by atoms with Crippen LogP contribution in [0.1, 0.15) is 12.8 Å². The zero-order valence-electron chi connectivity index (χ0n) is 14.7. The summed E-state index contributed by atoms with van der Waals surface area (Å²) in [7, 11) is 0. The first-order chi connectivity index (χ1) is 13.3. The third-order valence-corrected chi connectivity index (χ3v) is 5.80. The van der Waals surface area contributed by atoms with E-state index in [1.807, 2.05) is 23.6 Å². The van der Waals surface area contributed by atoms with E-state index in [4.69, 9.17) is 0 Å². The molecule has 5 rings (SSSR count). The Morgan fingerprint density at radius 3 is 2.78 bits per heavy atom. The van der Waals surface area contributed by atoms with Crippen LogP contribution in [0.4, 0.5) is 5.95 Å². The summed E-state index contributed by atoms with van der Waals surface area (Å²) in [6.45, 7) is 2.77. The van der Waals surface area contributed by atoms with Gasteiger partial charge in [0, 0.05) is 42.2 Å². The van der Waals surface area contributed by atoms with Gasteiger partial charge in [0.2, 0.25) is 5.95 Å². The second-order valence-electron chi connectivity index (χ2n) is 7.10. The van der Waals surface area contributed by atoms with Crippen LogP contribution in [0.15, 0.2) is 35.8 Å². The average molecular weight is 380 g/mol. The molecule has 1 aliphatic heterocycles. The molecule has 2 N–H and O–H groups in total. The molecule has 27 heavy (non-hydrogen) atoms. The van der Waals surface area contributed by atoms with Crippen LogP contribution in [0.5, 0.6) is 5.75 Å². The van der Waals surface area contributed by atoms with Crippen LogP contribution in [0.25, 0.3) is 22.5 Å². The van der Waals surface area contributed by atoms with Crippen molar-refractivity contribution in [3.05, 3.63) is 35.8 Å². The van der Waals surface area contributed by atoms with Crippen LogP contribution in [0.3, 0.4) is 0 Å². The Morgan fingerprint density at radius 2 is 2.07 bits per heavy atom. The highest BCUT2D eigenvalue weighted by molar-refractivity contribution is 7.03. The molecule has 2 aromatic heterocycles. The molecule has 0 amide bonds. The van der Waals surface area contributed by atoms with Crippen molar-refractivity contribution in [3.8, 4) is 28.3 Å². The maximum absolute atomic E-state index is 10.4. The van der Waals surface area contributed by atoms with Crippen molar-refractivity contribution in [2.45, 2.75) is 18.9 Å². The summed E-state index contributed by atoms with van der Waals surface area (Å²) >= 11 is 1.39. The number of aromatic hydroxyl groups is 1. The molecule has 1 aliphatic carbocycles. The summed E-state index contributed by atoms with van der Waals surface area (Å²) in [6, 6.07) is 7.93. The smallest absolute Gasteiger partial charge is 0.245 e. The maximum Gasteiger partial charge on any atom is 0.245 e. The number of rotatable bonds is 4. The molecule has 1 saturated carbocycles. The largest absolute Gasteiger partial charge is 0.507 e. The first-order valence-corrected chi connectivity index (χ1v) is 10.0. The first-order valence-electron chi connectivity index (χ1n) is 9.20. The third kappa shape index (κ3) is 3.38. The predicted octanol–water partition coefficient (Wildman–Crippen LogP) is 2.56. The number of phenolic OH excluding ortho intramolecular Hbond substituents is 1. The van der Waals surface area contributed by atoms with Gasteiger partial charge in [0.1, 0.15) is 11.4 Å². The topological polar surface area (TPSA) is 87.1 Å². The third-order valence-electron chi connectivity index (χ3n) is 5.24. The minimum absolute atomic E-state index is 0.153. The molecule has 8 heteroatoms. The molecule has 2 fully saturated rings. The van der Waals surface area contributed by atoms with Gasteiger partial charge in [0.25, 0.3) is 0 Å². The highest BCUT2D eigenvalue weighted by Gasteiger charge is 2.34. The van der Waals surface area contributed by atoms with Crippen LogP contribution < -0.4 is 10.2 Å². The van der Waals surface area contributed by atoms with E-state index >= 15 is 0 Å². The fraction of sp³-hybridized carbons (Fsp3) is 0.368. The molecule has 1 saturated heterocycles. The maximum atomic E-state index is 10.4. The van der Waals surface area contributed by atoms with E-state index in [1.165, 1.54) is 24.4 Å². The van der Waals surface area contributed by atoms with Gasteiger partial charge in [-0.15, -0.1) is 10.2 Å². The minimum atomic E-state index is 0.153. The normalized spacial score (nSPS) is 20.0. The van der Waals surface area contributed by atoms with Gasteiger partial charge in [-0.05, 0) is 48.5 Å². The number of benzene rings is 1. The summed E-state index contributed by atoms with van der Waals surface area (Å²) in [5.74, 6) is 1.61. The van der Waals surface area contributed by atoms with Crippen LogP contribution in [-0.2, 0) is 0 Å². The Kier molecular flexibility index (Phi) is 4.21. The number of aromatic nitrogens is 4. The van der Waals surface area contributed by atoms with Gasteiger partial charge in [-0.1, -0.05) is 6.07 Å². The van der Waals surface area contributed by atoms with Crippen molar-refractivity contribution in [1.29, 1.82) is 0 Å². The van der Waals surface area contributed by atoms with Crippen molar-refractivity contribution in [2.75, 3.05) is 24.5 Å². The van der Waals surface area contributed by atoms with Crippen LogP contribution in [0, 0.1) is 5.92 Å². The van der Waals surface area contributed by atoms with E-state index in [0.717, 1.165) is 36.8 Å². The van der Waals surface area contributed by atoms with Gasteiger partial charge in [0.15, 0.2) is 0 Å². The molecule has 0 unspecified atom stereocenters. The molecular formula is C19H20N6OS. The van der Waals surface area contributed by atoms with Crippen molar-refractivity contribution in [3.63, 3.8) is 0 Å². The Labute approximate surface area is 161 Å². The van der Waals surface area contributed by atoms with Gasteiger partial charge in [-0.2, -0.15) is 4.37 Å². The molecule has 0 spiro atoms. The minimum Gasteiger partial charge on any atom is -0.507 e. The van der Waals surface area contributed by atoms with Gasteiger partial charge in [-0.25, -0.2) is 4.98 Å². The second-order valence-corrected chi connectivity index (χ2v) is 7.77. The van der Waals surface area contributed by atoms with Gasteiger partial charge in [0.05, 0.1) is 11.9 Å². The molecule has 3 aromatic rings. The number of nitrogens with one attached hydrogen (secondary N) is 1. The molecule has 138 valence electrons. The van der Waals surface area contributed by atoms with E-state index in [1.54, 1.807) is 12.3 Å². The molecule has 7 nitrogen and oxygen atoms in total. The van der Waals surface area contributed by atoms with E-state index < -0.39 is 0 Å². The molecular weight excluding hydrogens is 360 g/mol. The number of piperazine rings is 1. The first kappa shape index (κ1) is 16.6. The summed E-state index contributed by atoms with van der Waals surface area (Å²) in [6.07, 6.45) is 4.33. The average Bonchev–Trinajstić information content (AvgIpc) is 3.42. The van der Waals surface area contributed by atoms with Crippen molar-refractivity contribution in [2.24, 2.45) is 5.92 Å². The van der Waals surface area contributed by atoms with E-state index in [9.17, 15) is 5.11 Å². The monoisotopic (exact) mass is 380 g/mol. The molecule has 0 bridgehead atoms. The Balaban J connectivity index is 1.35. The lowest BCUT2D eigenvalue weighted by molar-refractivity contribution is 0.414. The number of nitrogens with zero attached hydrogens (tertiary/aromatic N) is 5. The van der Waals surface area contributed by atoms with Crippen molar-refractivity contribution < 1.29 is 5.11 Å². The molecule has 3 heterocycles.